The molecule has 0 fully saturated rings. The molecule has 0 aliphatic carbocycles. The van der Waals surface area contributed by atoms with Gasteiger partial charge in [0.1, 0.15) is 5.75 Å². The Morgan fingerprint density at radius 1 is 1.04 bits per heavy atom. The molecular weight excluding hydrogens is 358 g/mol. The van der Waals surface area contributed by atoms with Gasteiger partial charge in [-0.2, -0.15) is 0 Å². The zero-order chi connectivity index (χ0) is 18.0. The second-order valence-electron chi connectivity index (χ2n) is 5.23. The van der Waals surface area contributed by atoms with Gasteiger partial charge in [-0.05, 0) is 24.0 Å². The van der Waals surface area contributed by atoms with E-state index >= 15 is 0 Å². The molecule has 0 saturated heterocycles. The Morgan fingerprint density at radius 3 is 2.40 bits per heavy atom. The Hall–Kier alpha value is -2.24. The Labute approximate surface area is 155 Å². The second kappa shape index (κ2) is 7.33. The molecule has 3 rings (SSSR count). The number of halogens is 1. The highest BCUT2D eigenvalue weighted by Gasteiger charge is 2.41. The lowest BCUT2D eigenvalue weighted by molar-refractivity contribution is -0.119. The fourth-order valence-corrected chi connectivity index (χ4v) is 3.79. The third-order valence-electron chi connectivity index (χ3n) is 3.80. The molecule has 1 heterocycles. The van der Waals surface area contributed by atoms with Gasteiger partial charge < -0.3 is 4.74 Å². The monoisotopic (exact) mass is 373 g/mol. The first-order valence-corrected chi connectivity index (χ1v) is 9.10. The first kappa shape index (κ1) is 17.6. The molecular formula is C19H16ClNO3S. The van der Waals surface area contributed by atoms with Crippen LogP contribution in [0.2, 0.25) is 5.02 Å². The van der Waals surface area contributed by atoms with Crippen molar-refractivity contribution in [2.45, 2.75) is 6.92 Å². The number of amides is 2. The van der Waals surface area contributed by atoms with Crippen molar-refractivity contribution >= 4 is 46.4 Å². The van der Waals surface area contributed by atoms with E-state index in [-0.39, 0.29) is 5.91 Å². The minimum atomic E-state index is -0.390. The average molecular weight is 374 g/mol. The van der Waals surface area contributed by atoms with E-state index in [1.807, 2.05) is 19.1 Å². The lowest BCUT2D eigenvalue weighted by atomic mass is 10.0. The molecule has 0 unspecified atom stereocenters. The van der Waals surface area contributed by atoms with Crippen molar-refractivity contribution in [3.05, 3.63) is 64.0 Å². The van der Waals surface area contributed by atoms with E-state index < -0.39 is 5.91 Å². The first-order chi connectivity index (χ1) is 12.1. The second-order valence-corrected chi connectivity index (χ2v) is 6.92. The van der Waals surface area contributed by atoms with E-state index in [1.165, 1.54) is 11.8 Å². The molecule has 0 aromatic heterocycles. The molecule has 0 saturated carbocycles. The molecule has 1 aliphatic rings. The summed E-state index contributed by atoms with van der Waals surface area (Å²) in [6, 6.07) is 14.0. The van der Waals surface area contributed by atoms with Gasteiger partial charge in [-0.25, -0.2) is 4.90 Å². The van der Waals surface area contributed by atoms with Crippen LogP contribution >= 0.6 is 23.4 Å². The van der Waals surface area contributed by atoms with Crippen LogP contribution in [0.4, 0.5) is 5.69 Å². The zero-order valence-electron chi connectivity index (χ0n) is 13.8. The maximum Gasteiger partial charge on any atom is 0.272 e. The van der Waals surface area contributed by atoms with Crippen LogP contribution in [0.25, 0.3) is 5.57 Å². The molecule has 0 N–H and O–H groups in total. The molecule has 1 aliphatic heterocycles. The number of methoxy groups -OCH3 is 1. The van der Waals surface area contributed by atoms with Crippen molar-refractivity contribution in [2.75, 3.05) is 17.8 Å². The Balaban J connectivity index is 2.17. The fraction of sp³-hybridized carbons (Fsp3) is 0.158. The number of benzene rings is 2. The van der Waals surface area contributed by atoms with Crippen molar-refractivity contribution in [1.29, 1.82) is 0 Å². The van der Waals surface area contributed by atoms with Crippen LogP contribution in [0.3, 0.4) is 0 Å². The number of hydrogen-bond donors (Lipinski definition) is 0. The van der Waals surface area contributed by atoms with Crippen LogP contribution in [-0.4, -0.2) is 24.7 Å². The number of ether oxygens (including phenoxy) is 1. The summed E-state index contributed by atoms with van der Waals surface area (Å²) in [5.74, 6) is 0.474. The quantitative estimate of drug-likeness (QED) is 0.729. The number of thioether (sulfide) groups is 1. The van der Waals surface area contributed by atoms with Crippen LogP contribution in [0.15, 0.2) is 53.4 Å². The zero-order valence-corrected chi connectivity index (χ0v) is 15.4. The highest BCUT2D eigenvalue weighted by atomic mass is 35.5. The lowest BCUT2D eigenvalue weighted by Crippen LogP contribution is -2.31. The molecule has 0 radical (unpaired) electrons. The van der Waals surface area contributed by atoms with Gasteiger partial charge in [0, 0.05) is 5.56 Å². The third kappa shape index (κ3) is 3.05. The normalized spacial score (nSPS) is 14.4. The number of rotatable bonds is 5. The Kier molecular flexibility index (Phi) is 5.16. The number of hydrogen-bond acceptors (Lipinski definition) is 4. The van der Waals surface area contributed by atoms with E-state index in [2.05, 4.69) is 0 Å². The van der Waals surface area contributed by atoms with Crippen molar-refractivity contribution in [3.8, 4) is 5.75 Å². The summed E-state index contributed by atoms with van der Waals surface area (Å²) in [4.78, 5) is 27.7. The number of carbonyl (C=O) groups is 2. The number of imide groups is 1. The van der Waals surface area contributed by atoms with Crippen LogP contribution < -0.4 is 9.64 Å². The van der Waals surface area contributed by atoms with E-state index in [9.17, 15) is 9.59 Å². The van der Waals surface area contributed by atoms with Gasteiger partial charge in [0.05, 0.1) is 28.3 Å². The smallest absolute Gasteiger partial charge is 0.272 e. The summed E-state index contributed by atoms with van der Waals surface area (Å²) < 4.78 is 5.38. The third-order valence-corrected chi connectivity index (χ3v) is 5.08. The molecule has 0 bridgehead atoms. The summed E-state index contributed by atoms with van der Waals surface area (Å²) >= 11 is 7.56. The van der Waals surface area contributed by atoms with Crippen molar-refractivity contribution in [3.63, 3.8) is 0 Å². The van der Waals surface area contributed by atoms with Crippen LogP contribution in [-0.2, 0) is 9.59 Å². The molecule has 4 nitrogen and oxygen atoms in total. The highest BCUT2D eigenvalue weighted by molar-refractivity contribution is 8.04. The standard InChI is InChI=1S/C19H16ClNO3S/c1-3-25-17-16(12-8-4-7-11-15(12)24-2)18(22)21(19(17)23)14-10-6-5-9-13(14)20/h4-11H,3H2,1-2H3. The van der Waals surface area contributed by atoms with Gasteiger partial charge in [-0.1, -0.05) is 48.9 Å². The maximum absolute atomic E-state index is 13.1. The van der Waals surface area contributed by atoms with Crippen molar-refractivity contribution < 1.29 is 14.3 Å². The summed E-state index contributed by atoms with van der Waals surface area (Å²) in [6.45, 7) is 1.94. The minimum absolute atomic E-state index is 0.353. The molecule has 25 heavy (non-hydrogen) atoms. The summed E-state index contributed by atoms with van der Waals surface area (Å²) in [7, 11) is 1.54. The topological polar surface area (TPSA) is 46.6 Å². The Morgan fingerprint density at radius 2 is 1.72 bits per heavy atom. The number of para-hydroxylation sites is 2. The molecule has 128 valence electrons. The SMILES string of the molecule is CCSC1=C(c2ccccc2OC)C(=O)N(c2ccccc2Cl)C1=O. The fourth-order valence-electron chi connectivity index (χ4n) is 2.73. The van der Waals surface area contributed by atoms with E-state index in [0.29, 0.717) is 38.3 Å². The summed E-state index contributed by atoms with van der Waals surface area (Å²) in [5, 5.41) is 0.353. The number of nitrogens with zero attached hydrogens (tertiary/aromatic N) is 1. The predicted molar refractivity (Wildman–Crippen MR) is 102 cm³/mol. The molecule has 2 amide bonds. The van der Waals surface area contributed by atoms with Crippen LogP contribution in [0.1, 0.15) is 12.5 Å². The molecule has 2 aromatic rings. The number of carbonyl (C=O) groups excluding carboxylic acids is 2. The highest BCUT2D eigenvalue weighted by Crippen LogP contribution is 2.42. The average Bonchev–Trinajstić information content (AvgIpc) is 2.86. The summed E-state index contributed by atoms with van der Waals surface area (Å²) in [5.41, 5.74) is 1.35. The molecule has 0 atom stereocenters. The minimum Gasteiger partial charge on any atom is -0.496 e. The largest absolute Gasteiger partial charge is 0.496 e. The maximum atomic E-state index is 13.1. The summed E-state index contributed by atoms with van der Waals surface area (Å²) in [6.07, 6.45) is 0. The van der Waals surface area contributed by atoms with E-state index in [1.54, 1.807) is 43.5 Å². The molecule has 0 spiro atoms. The van der Waals surface area contributed by atoms with E-state index in [0.717, 1.165) is 4.90 Å². The van der Waals surface area contributed by atoms with E-state index in [4.69, 9.17) is 16.3 Å². The van der Waals surface area contributed by atoms with Crippen LogP contribution in [0, 0.1) is 0 Å². The first-order valence-electron chi connectivity index (χ1n) is 7.74. The number of anilines is 1. The molecule has 6 heteroatoms. The predicted octanol–water partition coefficient (Wildman–Crippen LogP) is 4.39. The lowest BCUT2D eigenvalue weighted by Gasteiger charge is -2.16. The van der Waals surface area contributed by atoms with Crippen molar-refractivity contribution in [1.82, 2.24) is 0 Å². The van der Waals surface area contributed by atoms with Gasteiger partial charge in [0.25, 0.3) is 11.8 Å². The van der Waals surface area contributed by atoms with Gasteiger partial charge in [0.15, 0.2) is 0 Å². The van der Waals surface area contributed by atoms with Crippen molar-refractivity contribution in [2.24, 2.45) is 0 Å². The van der Waals surface area contributed by atoms with Crippen LogP contribution in [0.5, 0.6) is 5.75 Å². The van der Waals surface area contributed by atoms with Gasteiger partial charge in [-0.3, -0.25) is 9.59 Å². The Bertz CT molecular complexity index is 878. The molecule has 2 aromatic carbocycles. The van der Waals surface area contributed by atoms with Gasteiger partial charge >= 0.3 is 0 Å². The van der Waals surface area contributed by atoms with Gasteiger partial charge in [-0.15, -0.1) is 11.8 Å². The van der Waals surface area contributed by atoms with Gasteiger partial charge in [0.2, 0.25) is 0 Å².